The van der Waals surface area contributed by atoms with Crippen LogP contribution in [0.2, 0.25) is 0 Å². The maximum atomic E-state index is 11.8. The molecule has 0 aliphatic carbocycles. The van der Waals surface area contributed by atoms with Crippen LogP contribution in [0.3, 0.4) is 0 Å². The Labute approximate surface area is 109 Å². The molecule has 0 aliphatic heterocycles. The Morgan fingerprint density at radius 1 is 1.33 bits per heavy atom. The Morgan fingerprint density at radius 3 is 2.61 bits per heavy atom. The smallest absolute Gasteiger partial charge is 0.263 e. The lowest BCUT2D eigenvalue weighted by Crippen LogP contribution is -2.22. The molecule has 0 spiro atoms. The third kappa shape index (κ3) is 2.81. The van der Waals surface area contributed by atoms with Gasteiger partial charge < -0.3 is 15.8 Å². The number of methoxy groups -OCH3 is 1. The summed E-state index contributed by atoms with van der Waals surface area (Å²) in [5.74, 6) is 0.658. The minimum absolute atomic E-state index is 0.140. The van der Waals surface area contributed by atoms with E-state index in [1.807, 2.05) is 24.3 Å². The fourth-order valence-corrected chi connectivity index (χ4v) is 2.24. The number of carbonyl (C=O) groups is 1. The van der Waals surface area contributed by atoms with Crippen LogP contribution in [-0.4, -0.2) is 13.0 Å². The topological polar surface area (TPSA) is 64.3 Å². The van der Waals surface area contributed by atoms with Crippen LogP contribution in [0.25, 0.3) is 0 Å². The van der Waals surface area contributed by atoms with Crippen molar-refractivity contribution in [3.63, 3.8) is 0 Å². The van der Waals surface area contributed by atoms with Crippen LogP contribution in [0.5, 0.6) is 5.75 Å². The number of thiophene rings is 1. The average molecular weight is 262 g/mol. The van der Waals surface area contributed by atoms with Crippen LogP contribution < -0.4 is 15.8 Å². The van der Waals surface area contributed by atoms with Crippen molar-refractivity contribution in [2.75, 3.05) is 12.8 Å². The summed E-state index contributed by atoms with van der Waals surface area (Å²) in [7, 11) is 1.62. The predicted molar refractivity (Wildman–Crippen MR) is 72.9 cm³/mol. The number of nitrogens with one attached hydrogen (secondary N) is 1. The number of carbonyl (C=O) groups excluding carboxylic acids is 1. The lowest BCUT2D eigenvalue weighted by molar-refractivity contribution is 0.0956. The van der Waals surface area contributed by atoms with Crippen molar-refractivity contribution >= 4 is 22.9 Å². The second-order valence-corrected chi connectivity index (χ2v) is 4.65. The van der Waals surface area contributed by atoms with Crippen molar-refractivity contribution in [2.24, 2.45) is 0 Å². The zero-order chi connectivity index (χ0) is 13.0. The summed E-state index contributed by atoms with van der Waals surface area (Å²) in [6, 6.07) is 9.28. The lowest BCUT2D eigenvalue weighted by atomic mass is 10.2. The molecule has 1 aromatic heterocycles. The fourth-order valence-electron chi connectivity index (χ4n) is 1.51. The summed E-state index contributed by atoms with van der Waals surface area (Å²) in [6.45, 7) is 0.472. The summed E-state index contributed by atoms with van der Waals surface area (Å²) in [6.07, 6.45) is 0. The van der Waals surface area contributed by atoms with Crippen LogP contribution in [-0.2, 0) is 6.54 Å². The minimum atomic E-state index is -0.140. The second-order valence-electron chi connectivity index (χ2n) is 3.74. The maximum Gasteiger partial charge on any atom is 0.263 e. The van der Waals surface area contributed by atoms with E-state index in [1.165, 1.54) is 11.3 Å². The summed E-state index contributed by atoms with van der Waals surface area (Å²) in [4.78, 5) is 12.4. The van der Waals surface area contributed by atoms with Gasteiger partial charge in [0.05, 0.1) is 12.8 Å². The molecule has 0 fully saturated rings. The highest BCUT2D eigenvalue weighted by atomic mass is 32.1. The normalized spacial score (nSPS) is 10.1. The molecule has 2 rings (SSSR count). The average Bonchev–Trinajstić information content (AvgIpc) is 2.83. The first kappa shape index (κ1) is 12.4. The summed E-state index contributed by atoms with van der Waals surface area (Å²) in [5, 5.41) is 4.63. The van der Waals surface area contributed by atoms with Gasteiger partial charge in [-0.1, -0.05) is 12.1 Å². The van der Waals surface area contributed by atoms with Gasteiger partial charge in [0, 0.05) is 6.54 Å². The molecule has 0 radical (unpaired) electrons. The largest absolute Gasteiger partial charge is 0.497 e. The van der Waals surface area contributed by atoms with Crippen molar-refractivity contribution in [2.45, 2.75) is 6.54 Å². The molecule has 0 bridgehead atoms. The first-order valence-corrected chi connectivity index (χ1v) is 6.33. The number of hydrogen-bond donors (Lipinski definition) is 2. The van der Waals surface area contributed by atoms with Crippen LogP contribution in [0, 0.1) is 0 Å². The Balaban J connectivity index is 1.95. The van der Waals surface area contributed by atoms with E-state index in [4.69, 9.17) is 10.5 Å². The van der Waals surface area contributed by atoms with Crippen molar-refractivity contribution in [1.82, 2.24) is 5.32 Å². The highest BCUT2D eigenvalue weighted by molar-refractivity contribution is 7.12. The number of benzene rings is 1. The quantitative estimate of drug-likeness (QED) is 0.888. The molecule has 1 heterocycles. The molecular weight excluding hydrogens is 248 g/mol. The molecule has 3 N–H and O–H groups in total. The lowest BCUT2D eigenvalue weighted by Gasteiger charge is -2.05. The van der Waals surface area contributed by atoms with Crippen LogP contribution in [0.15, 0.2) is 35.7 Å². The molecule has 18 heavy (non-hydrogen) atoms. The summed E-state index contributed by atoms with van der Waals surface area (Å²) < 4.78 is 5.07. The molecule has 1 amide bonds. The van der Waals surface area contributed by atoms with Gasteiger partial charge >= 0.3 is 0 Å². The molecule has 1 aromatic carbocycles. The van der Waals surface area contributed by atoms with Gasteiger partial charge in [0.15, 0.2) is 0 Å². The zero-order valence-corrected chi connectivity index (χ0v) is 10.8. The first-order valence-electron chi connectivity index (χ1n) is 5.45. The van der Waals surface area contributed by atoms with E-state index in [2.05, 4.69) is 5.32 Å². The van der Waals surface area contributed by atoms with E-state index >= 15 is 0 Å². The molecule has 2 aromatic rings. The third-order valence-electron chi connectivity index (χ3n) is 2.51. The molecule has 0 aliphatic rings. The number of ether oxygens (including phenoxy) is 1. The van der Waals surface area contributed by atoms with Crippen molar-refractivity contribution in [3.05, 3.63) is 46.2 Å². The van der Waals surface area contributed by atoms with E-state index in [9.17, 15) is 4.79 Å². The van der Waals surface area contributed by atoms with Gasteiger partial charge in [-0.2, -0.15) is 0 Å². The molecule has 94 valence electrons. The van der Waals surface area contributed by atoms with Gasteiger partial charge in [0.25, 0.3) is 5.91 Å². The van der Waals surface area contributed by atoms with Crippen molar-refractivity contribution in [1.29, 1.82) is 0 Å². The molecular formula is C13H14N2O2S. The molecule has 5 heteroatoms. The van der Waals surface area contributed by atoms with E-state index in [0.717, 1.165) is 11.3 Å². The van der Waals surface area contributed by atoms with Gasteiger partial charge in [0.2, 0.25) is 0 Å². The standard InChI is InChI=1S/C13H14N2O2S/c1-17-10-4-2-9(3-5-10)8-15-13(16)12-11(14)6-7-18-12/h2-7H,8,14H2,1H3,(H,15,16). The Kier molecular flexibility index (Phi) is 3.84. The minimum Gasteiger partial charge on any atom is -0.497 e. The number of amides is 1. The Hall–Kier alpha value is -2.01. The Morgan fingerprint density at radius 2 is 2.06 bits per heavy atom. The van der Waals surface area contributed by atoms with E-state index in [1.54, 1.807) is 18.6 Å². The predicted octanol–water partition coefficient (Wildman–Crippen LogP) is 2.27. The highest BCUT2D eigenvalue weighted by Gasteiger charge is 2.10. The van der Waals surface area contributed by atoms with Gasteiger partial charge in [-0.25, -0.2) is 0 Å². The summed E-state index contributed by atoms with van der Waals surface area (Å²) in [5.41, 5.74) is 7.22. The summed E-state index contributed by atoms with van der Waals surface area (Å²) >= 11 is 1.34. The zero-order valence-electron chi connectivity index (χ0n) is 9.97. The number of nitrogens with two attached hydrogens (primary N) is 1. The van der Waals surface area contributed by atoms with Gasteiger partial charge in [0.1, 0.15) is 10.6 Å². The number of rotatable bonds is 4. The maximum absolute atomic E-state index is 11.8. The van der Waals surface area contributed by atoms with Crippen LogP contribution in [0.1, 0.15) is 15.2 Å². The fraction of sp³-hybridized carbons (Fsp3) is 0.154. The molecule has 0 saturated heterocycles. The van der Waals surface area contributed by atoms with Gasteiger partial charge in [-0.3, -0.25) is 4.79 Å². The van der Waals surface area contributed by atoms with E-state index in [0.29, 0.717) is 17.1 Å². The molecule has 0 unspecified atom stereocenters. The van der Waals surface area contributed by atoms with Crippen molar-refractivity contribution < 1.29 is 9.53 Å². The van der Waals surface area contributed by atoms with E-state index in [-0.39, 0.29) is 5.91 Å². The molecule has 4 nitrogen and oxygen atoms in total. The van der Waals surface area contributed by atoms with Gasteiger partial charge in [-0.05, 0) is 29.1 Å². The number of hydrogen-bond acceptors (Lipinski definition) is 4. The second kappa shape index (κ2) is 5.55. The van der Waals surface area contributed by atoms with Gasteiger partial charge in [-0.15, -0.1) is 11.3 Å². The van der Waals surface area contributed by atoms with Crippen molar-refractivity contribution in [3.8, 4) is 5.75 Å². The number of anilines is 1. The first-order chi connectivity index (χ1) is 8.70. The molecule has 0 saturated carbocycles. The Bertz CT molecular complexity index is 534. The van der Waals surface area contributed by atoms with E-state index < -0.39 is 0 Å². The monoisotopic (exact) mass is 262 g/mol. The highest BCUT2D eigenvalue weighted by Crippen LogP contribution is 2.18. The van der Waals surface area contributed by atoms with Crippen LogP contribution >= 0.6 is 11.3 Å². The number of nitrogen functional groups attached to an aromatic ring is 1. The third-order valence-corrected chi connectivity index (χ3v) is 3.44. The molecule has 0 atom stereocenters. The SMILES string of the molecule is COc1ccc(CNC(=O)c2sccc2N)cc1. The van der Waals surface area contributed by atoms with Crippen LogP contribution in [0.4, 0.5) is 5.69 Å².